The van der Waals surface area contributed by atoms with Gasteiger partial charge in [-0.2, -0.15) is 0 Å². The van der Waals surface area contributed by atoms with Crippen molar-refractivity contribution in [3.63, 3.8) is 0 Å². The molecule has 0 saturated heterocycles. The average Bonchev–Trinajstić information content (AvgIpc) is 2.62. The van der Waals surface area contributed by atoms with E-state index in [1.807, 2.05) is 40.0 Å². The maximum Gasteiger partial charge on any atom is 0.150 e. The van der Waals surface area contributed by atoms with E-state index in [0.29, 0.717) is 18.7 Å². The van der Waals surface area contributed by atoms with Crippen molar-refractivity contribution in [3.8, 4) is 0 Å². The molecule has 6 heteroatoms. The number of aryl methyl sites for hydroxylation is 1. The molecule has 1 heterocycles. The SMILES string of the molecule is CC(=C/CCOCCF)/C=C(\N)C(C)N(C)Cc1c(C=O)ccnc1C. The number of halogens is 1. The van der Waals surface area contributed by atoms with Gasteiger partial charge in [-0.05, 0) is 51.9 Å². The molecule has 5 nitrogen and oxygen atoms in total. The lowest BCUT2D eigenvalue weighted by Crippen LogP contribution is -2.34. The standard InChI is InChI=1S/C20H30FN3O2/c1-15(6-5-10-26-11-8-21)12-20(22)17(3)24(4)13-19-16(2)23-9-7-18(19)14-25/h6-7,9,12,14,17H,5,8,10-11,13,22H2,1-4H3/b15-6-,20-12-. The molecule has 2 N–H and O–H groups in total. The number of aromatic nitrogens is 1. The lowest BCUT2D eigenvalue weighted by molar-refractivity contribution is 0.112. The number of nitrogens with two attached hydrogens (primary N) is 1. The van der Waals surface area contributed by atoms with Crippen LogP contribution in [-0.4, -0.2) is 49.1 Å². The molecule has 1 aromatic heterocycles. The normalized spacial score (nSPS) is 13.9. The van der Waals surface area contributed by atoms with Gasteiger partial charge in [0.1, 0.15) is 13.0 Å². The highest BCUT2D eigenvalue weighted by Crippen LogP contribution is 2.16. The third kappa shape index (κ3) is 7.06. The number of allylic oxidation sites excluding steroid dienone is 2. The minimum Gasteiger partial charge on any atom is -0.401 e. The summed E-state index contributed by atoms with van der Waals surface area (Å²) in [5.41, 5.74) is 10.4. The number of carbonyl (C=O) groups excluding carboxylic acids is 1. The van der Waals surface area contributed by atoms with Gasteiger partial charge in [-0.15, -0.1) is 0 Å². The van der Waals surface area contributed by atoms with Crippen molar-refractivity contribution in [1.82, 2.24) is 9.88 Å². The van der Waals surface area contributed by atoms with Gasteiger partial charge in [-0.25, -0.2) is 4.39 Å². The van der Waals surface area contributed by atoms with Crippen molar-refractivity contribution in [3.05, 3.63) is 52.5 Å². The van der Waals surface area contributed by atoms with E-state index in [2.05, 4.69) is 9.88 Å². The fourth-order valence-corrected chi connectivity index (χ4v) is 2.54. The number of carbonyl (C=O) groups is 1. The lowest BCUT2D eigenvalue weighted by atomic mass is 10.1. The number of alkyl halides is 1. The third-order valence-electron chi connectivity index (χ3n) is 4.33. The molecule has 0 bridgehead atoms. The molecule has 1 aromatic rings. The molecule has 1 rings (SSSR count). The van der Waals surface area contributed by atoms with E-state index >= 15 is 0 Å². The number of hydrogen-bond donors (Lipinski definition) is 1. The van der Waals surface area contributed by atoms with Crippen molar-refractivity contribution in [1.29, 1.82) is 0 Å². The first-order valence-corrected chi connectivity index (χ1v) is 8.78. The summed E-state index contributed by atoms with van der Waals surface area (Å²) in [4.78, 5) is 17.6. The topological polar surface area (TPSA) is 68.5 Å². The van der Waals surface area contributed by atoms with Crippen LogP contribution in [0.3, 0.4) is 0 Å². The molecule has 1 atom stereocenters. The van der Waals surface area contributed by atoms with Gasteiger partial charge in [0.25, 0.3) is 0 Å². The molecular formula is C20H30FN3O2. The number of pyridine rings is 1. The lowest BCUT2D eigenvalue weighted by Gasteiger charge is -2.26. The smallest absolute Gasteiger partial charge is 0.150 e. The second-order valence-electron chi connectivity index (χ2n) is 6.36. The predicted octanol–water partition coefficient (Wildman–Crippen LogP) is 3.19. The largest absolute Gasteiger partial charge is 0.401 e. The van der Waals surface area contributed by atoms with Crippen molar-refractivity contribution >= 4 is 6.29 Å². The summed E-state index contributed by atoms with van der Waals surface area (Å²) in [6, 6.07) is 1.73. The molecule has 0 aromatic carbocycles. The Hall–Kier alpha value is -2.05. The first-order chi connectivity index (χ1) is 12.4. The summed E-state index contributed by atoms with van der Waals surface area (Å²) in [5, 5.41) is 0. The van der Waals surface area contributed by atoms with Gasteiger partial charge in [0.15, 0.2) is 0 Å². The van der Waals surface area contributed by atoms with Crippen molar-refractivity contribution in [2.75, 3.05) is 26.9 Å². The van der Waals surface area contributed by atoms with E-state index in [4.69, 9.17) is 10.5 Å². The number of ether oxygens (including phenoxy) is 1. The molecule has 0 fully saturated rings. The Labute approximate surface area is 155 Å². The first kappa shape index (κ1) is 22.0. The Morgan fingerprint density at radius 1 is 1.46 bits per heavy atom. The van der Waals surface area contributed by atoms with Gasteiger partial charge in [0.2, 0.25) is 0 Å². The van der Waals surface area contributed by atoms with Crippen LogP contribution in [0.1, 0.15) is 41.9 Å². The van der Waals surface area contributed by atoms with E-state index in [1.165, 1.54) is 0 Å². The Morgan fingerprint density at radius 2 is 2.19 bits per heavy atom. The van der Waals surface area contributed by atoms with Crippen LogP contribution in [0, 0.1) is 6.92 Å². The Balaban J connectivity index is 2.71. The zero-order valence-corrected chi connectivity index (χ0v) is 16.2. The second kappa shape index (κ2) is 11.5. The summed E-state index contributed by atoms with van der Waals surface area (Å²) in [6.45, 7) is 6.67. The summed E-state index contributed by atoms with van der Waals surface area (Å²) < 4.78 is 17.1. The zero-order chi connectivity index (χ0) is 19.5. The highest BCUT2D eigenvalue weighted by Gasteiger charge is 2.15. The van der Waals surface area contributed by atoms with Crippen molar-refractivity contribution in [2.45, 2.75) is 39.8 Å². The molecule has 1 unspecified atom stereocenters. The third-order valence-corrected chi connectivity index (χ3v) is 4.33. The minimum atomic E-state index is -0.457. The molecule has 0 saturated carbocycles. The van der Waals surface area contributed by atoms with E-state index in [0.717, 1.165) is 35.2 Å². The molecule has 26 heavy (non-hydrogen) atoms. The van der Waals surface area contributed by atoms with Crippen LogP contribution >= 0.6 is 0 Å². The van der Waals surface area contributed by atoms with Crippen LogP contribution in [0.4, 0.5) is 4.39 Å². The molecule has 0 aliphatic carbocycles. The van der Waals surface area contributed by atoms with Gasteiger partial charge in [0, 0.05) is 35.7 Å². The molecule has 144 valence electrons. The second-order valence-corrected chi connectivity index (χ2v) is 6.36. The number of rotatable bonds is 11. The van der Waals surface area contributed by atoms with Crippen LogP contribution in [0.25, 0.3) is 0 Å². The number of nitrogens with zero attached hydrogens (tertiary/aromatic N) is 2. The predicted molar refractivity (Wildman–Crippen MR) is 103 cm³/mol. The van der Waals surface area contributed by atoms with Crippen LogP contribution in [0.15, 0.2) is 35.7 Å². The average molecular weight is 363 g/mol. The highest BCUT2D eigenvalue weighted by molar-refractivity contribution is 5.77. The summed E-state index contributed by atoms with van der Waals surface area (Å²) >= 11 is 0. The van der Waals surface area contributed by atoms with Crippen LogP contribution in [0.5, 0.6) is 0 Å². The number of hydrogen-bond acceptors (Lipinski definition) is 5. The maximum absolute atomic E-state index is 12.0. The van der Waals surface area contributed by atoms with Crippen LogP contribution in [-0.2, 0) is 11.3 Å². The molecule has 0 aliphatic rings. The minimum absolute atomic E-state index is 0.000228. The maximum atomic E-state index is 12.0. The Bertz CT molecular complexity index is 644. The quantitative estimate of drug-likeness (QED) is 0.371. The summed E-state index contributed by atoms with van der Waals surface area (Å²) in [7, 11) is 1.97. The monoisotopic (exact) mass is 363 g/mol. The molecule has 0 radical (unpaired) electrons. The molecular weight excluding hydrogens is 333 g/mol. The van der Waals surface area contributed by atoms with Gasteiger partial charge in [-0.3, -0.25) is 14.7 Å². The van der Waals surface area contributed by atoms with E-state index in [1.54, 1.807) is 12.3 Å². The highest BCUT2D eigenvalue weighted by atomic mass is 19.1. The van der Waals surface area contributed by atoms with Gasteiger partial charge in [0.05, 0.1) is 13.2 Å². The Morgan fingerprint density at radius 3 is 2.85 bits per heavy atom. The molecule has 0 amide bonds. The zero-order valence-electron chi connectivity index (χ0n) is 16.2. The molecule has 0 spiro atoms. The van der Waals surface area contributed by atoms with Crippen LogP contribution in [0.2, 0.25) is 0 Å². The van der Waals surface area contributed by atoms with Crippen molar-refractivity contribution < 1.29 is 13.9 Å². The fraction of sp³-hybridized carbons (Fsp3) is 0.500. The first-order valence-electron chi connectivity index (χ1n) is 8.78. The van der Waals surface area contributed by atoms with Crippen molar-refractivity contribution in [2.24, 2.45) is 5.73 Å². The van der Waals surface area contributed by atoms with E-state index in [9.17, 15) is 9.18 Å². The van der Waals surface area contributed by atoms with Gasteiger partial charge in [-0.1, -0.05) is 11.6 Å². The summed E-state index contributed by atoms with van der Waals surface area (Å²) in [5.74, 6) is 0. The molecule has 0 aliphatic heterocycles. The summed E-state index contributed by atoms with van der Waals surface area (Å²) in [6.07, 6.45) is 7.18. The Kier molecular flexibility index (Phi) is 9.76. The van der Waals surface area contributed by atoms with Gasteiger partial charge >= 0.3 is 0 Å². The number of likely N-dealkylation sites (N-methyl/N-ethyl adjacent to an activating group) is 1. The fourth-order valence-electron chi connectivity index (χ4n) is 2.54. The number of aldehydes is 1. The van der Waals surface area contributed by atoms with E-state index < -0.39 is 6.67 Å². The van der Waals surface area contributed by atoms with E-state index in [-0.39, 0.29) is 12.6 Å². The van der Waals surface area contributed by atoms with Gasteiger partial charge < -0.3 is 10.5 Å². The van der Waals surface area contributed by atoms with Crippen LogP contribution < -0.4 is 5.73 Å².